The molecule has 0 aliphatic heterocycles. The number of anilines is 2. The Morgan fingerprint density at radius 3 is 2.56 bits per heavy atom. The van der Waals surface area contributed by atoms with Gasteiger partial charge in [-0.25, -0.2) is 9.97 Å². The topological polar surface area (TPSA) is 68.1 Å². The van der Waals surface area contributed by atoms with Crippen LogP contribution < -0.4 is 10.5 Å². The highest BCUT2D eigenvalue weighted by atomic mass is 32.2. The molecule has 0 radical (unpaired) electrons. The molecular weight excluding hydrogens is 336 g/mol. The average Bonchev–Trinajstić information content (AvgIpc) is 2.64. The number of nitrogens with zero attached hydrogens (tertiary/aromatic N) is 4. The SMILES string of the molecule is CN(c1cc(-c2ccccc2)c(=O)n(C)c1)c1ccnc(S(C)=O)n1. The number of hydrogen-bond acceptors (Lipinski definition) is 5. The van der Waals surface area contributed by atoms with E-state index in [0.29, 0.717) is 11.4 Å². The highest BCUT2D eigenvalue weighted by molar-refractivity contribution is 7.84. The molecule has 25 heavy (non-hydrogen) atoms. The van der Waals surface area contributed by atoms with Gasteiger partial charge in [0.05, 0.1) is 16.5 Å². The highest BCUT2D eigenvalue weighted by Crippen LogP contribution is 2.25. The van der Waals surface area contributed by atoms with Crippen LogP contribution in [0.5, 0.6) is 0 Å². The maximum absolute atomic E-state index is 12.5. The lowest BCUT2D eigenvalue weighted by Crippen LogP contribution is -2.21. The molecule has 0 aliphatic carbocycles. The quantitative estimate of drug-likeness (QED) is 0.673. The highest BCUT2D eigenvalue weighted by Gasteiger charge is 2.13. The summed E-state index contributed by atoms with van der Waals surface area (Å²) in [5, 5.41) is 0.275. The van der Waals surface area contributed by atoms with E-state index >= 15 is 0 Å². The van der Waals surface area contributed by atoms with Crippen molar-refractivity contribution >= 4 is 22.3 Å². The minimum Gasteiger partial charge on any atom is -0.328 e. The van der Waals surface area contributed by atoms with Crippen molar-refractivity contribution in [3.05, 3.63) is 65.2 Å². The minimum atomic E-state index is -1.26. The summed E-state index contributed by atoms with van der Waals surface area (Å²) >= 11 is 0. The zero-order chi connectivity index (χ0) is 18.0. The van der Waals surface area contributed by atoms with Crippen molar-refractivity contribution in [3.63, 3.8) is 0 Å². The Morgan fingerprint density at radius 2 is 1.88 bits per heavy atom. The Labute approximate surface area is 148 Å². The lowest BCUT2D eigenvalue weighted by molar-refractivity contribution is 0.679. The lowest BCUT2D eigenvalue weighted by atomic mass is 10.1. The predicted octanol–water partition coefficient (Wildman–Crippen LogP) is 2.35. The Bertz CT molecular complexity index is 986. The van der Waals surface area contributed by atoms with E-state index in [2.05, 4.69) is 9.97 Å². The molecule has 0 amide bonds. The van der Waals surface area contributed by atoms with Gasteiger partial charge in [0, 0.05) is 38.3 Å². The number of aryl methyl sites for hydroxylation is 1. The van der Waals surface area contributed by atoms with E-state index in [0.717, 1.165) is 11.3 Å². The van der Waals surface area contributed by atoms with Crippen LogP contribution in [0, 0.1) is 0 Å². The average molecular weight is 354 g/mol. The number of hydrogen-bond donors (Lipinski definition) is 0. The number of aromatic nitrogens is 3. The molecule has 3 aromatic rings. The molecule has 7 heteroatoms. The first-order chi connectivity index (χ1) is 12.0. The van der Waals surface area contributed by atoms with E-state index in [-0.39, 0.29) is 10.7 Å². The Morgan fingerprint density at radius 1 is 1.16 bits per heavy atom. The number of pyridine rings is 1. The molecular formula is C18H18N4O2S. The third kappa shape index (κ3) is 3.51. The van der Waals surface area contributed by atoms with Crippen LogP contribution in [0.3, 0.4) is 0 Å². The molecule has 0 fully saturated rings. The number of benzene rings is 1. The second-order valence-corrected chi connectivity index (χ2v) is 6.88. The third-order valence-corrected chi connectivity index (χ3v) is 4.57. The largest absolute Gasteiger partial charge is 0.328 e. The zero-order valence-corrected chi connectivity index (χ0v) is 15.0. The lowest BCUT2D eigenvalue weighted by Gasteiger charge is -2.20. The van der Waals surface area contributed by atoms with Crippen LogP contribution in [0.1, 0.15) is 0 Å². The fourth-order valence-corrected chi connectivity index (χ4v) is 2.92. The fraction of sp³-hybridized carbons (Fsp3) is 0.167. The molecule has 1 atom stereocenters. The van der Waals surface area contributed by atoms with Gasteiger partial charge in [-0.05, 0) is 17.7 Å². The molecule has 0 N–H and O–H groups in total. The summed E-state index contributed by atoms with van der Waals surface area (Å²) < 4.78 is 13.2. The van der Waals surface area contributed by atoms with Gasteiger partial charge in [-0.2, -0.15) is 0 Å². The van der Waals surface area contributed by atoms with Crippen LogP contribution in [-0.2, 0) is 17.8 Å². The second kappa shape index (κ2) is 6.98. The van der Waals surface area contributed by atoms with Gasteiger partial charge in [0.15, 0.2) is 0 Å². The number of rotatable bonds is 4. The van der Waals surface area contributed by atoms with Crippen molar-refractivity contribution in [2.45, 2.75) is 5.16 Å². The van der Waals surface area contributed by atoms with E-state index in [1.807, 2.05) is 48.3 Å². The van der Waals surface area contributed by atoms with Gasteiger partial charge in [0.25, 0.3) is 5.56 Å². The third-order valence-electron chi connectivity index (χ3n) is 3.86. The van der Waals surface area contributed by atoms with Crippen molar-refractivity contribution in [1.82, 2.24) is 14.5 Å². The Kier molecular flexibility index (Phi) is 4.76. The molecule has 2 aromatic heterocycles. The normalized spacial score (nSPS) is 12.0. The second-order valence-electron chi connectivity index (χ2n) is 5.60. The molecule has 1 aromatic carbocycles. The van der Waals surface area contributed by atoms with Crippen molar-refractivity contribution in [1.29, 1.82) is 0 Å². The summed E-state index contributed by atoms with van der Waals surface area (Å²) in [6.07, 6.45) is 4.87. The van der Waals surface area contributed by atoms with Gasteiger partial charge >= 0.3 is 0 Å². The first kappa shape index (κ1) is 17.0. The van der Waals surface area contributed by atoms with E-state index in [1.54, 1.807) is 36.3 Å². The van der Waals surface area contributed by atoms with Crippen LogP contribution in [0.4, 0.5) is 11.5 Å². The first-order valence-electron chi connectivity index (χ1n) is 7.63. The van der Waals surface area contributed by atoms with Crippen molar-refractivity contribution < 1.29 is 4.21 Å². The molecule has 128 valence electrons. The molecule has 6 nitrogen and oxygen atoms in total. The maximum atomic E-state index is 12.5. The summed E-state index contributed by atoms with van der Waals surface area (Å²) in [7, 11) is 2.31. The van der Waals surface area contributed by atoms with Crippen molar-refractivity contribution in [3.8, 4) is 11.1 Å². The molecule has 0 saturated carbocycles. The standard InChI is InChI=1S/C18H18N4O2S/c1-21-12-14(11-15(17(21)23)13-7-5-4-6-8-13)22(2)16-9-10-19-18(20-16)25(3)24/h4-12H,1-3H3. The van der Waals surface area contributed by atoms with Crippen LogP contribution in [-0.4, -0.2) is 32.0 Å². The van der Waals surface area contributed by atoms with E-state index in [1.165, 1.54) is 0 Å². The van der Waals surface area contributed by atoms with Gasteiger partial charge in [0.2, 0.25) is 5.16 Å². The molecule has 0 aliphatic rings. The summed E-state index contributed by atoms with van der Waals surface area (Å²) in [6, 6.07) is 13.1. The Balaban J connectivity index is 2.09. The molecule has 3 rings (SSSR count). The van der Waals surface area contributed by atoms with Gasteiger partial charge in [-0.15, -0.1) is 0 Å². The fourth-order valence-electron chi connectivity index (χ4n) is 2.49. The van der Waals surface area contributed by atoms with Crippen LogP contribution in [0.25, 0.3) is 11.1 Å². The smallest absolute Gasteiger partial charge is 0.258 e. The molecule has 0 spiro atoms. The summed E-state index contributed by atoms with van der Waals surface area (Å²) in [4.78, 5) is 22.7. The predicted molar refractivity (Wildman–Crippen MR) is 99.5 cm³/mol. The van der Waals surface area contributed by atoms with Gasteiger partial charge in [-0.3, -0.25) is 9.00 Å². The van der Waals surface area contributed by atoms with Crippen LogP contribution in [0.15, 0.2) is 64.8 Å². The summed E-state index contributed by atoms with van der Waals surface area (Å²) in [5.41, 5.74) is 2.20. The molecule has 2 heterocycles. The van der Waals surface area contributed by atoms with Crippen LogP contribution >= 0.6 is 0 Å². The van der Waals surface area contributed by atoms with E-state index < -0.39 is 10.8 Å². The van der Waals surface area contributed by atoms with E-state index in [9.17, 15) is 9.00 Å². The minimum absolute atomic E-state index is 0.0682. The van der Waals surface area contributed by atoms with Gasteiger partial charge in [-0.1, -0.05) is 30.3 Å². The monoisotopic (exact) mass is 354 g/mol. The van der Waals surface area contributed by atoms with Gasteiger partial charge < -0.3 is 9.47 Å². The summed E-state index contributed by atoms with van der Waals surface area (Å²) in [6.45, 7) is 0. The van der Waals surface area contributed by atoms with Crippen molar-refractivity contribution in [2.75, 3.05) is 18.2 Å². The molecule has 0 saturated heterocycles. The first-order valence-corrected chi connectivity index (χ1v) is 9.19. The maximum Gasteiger partial charge on any atom is 0.258 e. The van der Waals surface area contributed by atoms with Crippen LogP contribution in [0.2, 0.25) is 0 Å². The van der Waals surface area contributed by atoms with E-state index in [4.69, 9.17) is 0 Å². The molecule has 0 bridgehead atoms. The summed E-state index contributed by atoms with van der Waals surface area (Å²) in [5.74, 6) is 0.609. The molecule has 1 unspecified atom stereocenters. The van der Waals surface area contributed by atoms with Crippen molar-refractivity contribution in [2.24, 2.45) is 7.05 Å². The zero-order valence-electron chi connectivity index (χ0n) is 14.2. The van der Waals surface area contributed by atoms with Gasteiger partial charge in [0.1, 0.15) is 5.82 Å². The Hall–Kier alpha value is -2.80.